The van der Waals surface area contributed by atoms with Gasteiger partial charge in [-0.2, -0.15) is 0 Å². The van der Waals surface area contributed by atoms with E-state index in [0.29, 0.717) is 6.42 Å². The molecule has 0 fully saturated rings. The van der Waals surface area contributed by atoms with Gasteiger partial charge in [0.2, 0.25) is 0 Å². The molecule has 0 radical (unpaired) electrons. The van der Waals surface area contributed by atoms with Crippen LogP contribution in [-0.2, 0) is 5.60 Å². The van der Waals surface area contributed by atoms with Gasteiger partial charge in [-0.3, -0.25) is 0 Å². The van der Waals surface area contributed by atoms with Crippen molar-refractivity contribution in [3.63, 3.8) is 0 Å². The molecule has 3 rings (SSSR count). The molecule has 0 bridgehead atoms. The average Bonchev–Trinajstić information content (AvgIpc) is 2.77. The van der Waals surface area contributed by atoms with Crippen molar-refractivity contribution < 1.29 is 10.2 Å². The van der Waals surface area contributed by atoms with Crippen LogP contribution >= 0.6 is 0 Å². The molecule has 0 heterocycles. The minimum Gasteiger partial charge on any atom is -0.389 e. The quantitative estimate of drug-likeness (QED) is 0.862. The third kappa shape index (κ3) is 2.09. The second kappa shape index (κ2) is 4.65. The molecule has 2 nitrogen and oxygen atoms in total. The van der Waals surface area contributed by atoms with Crippen molar-refractivity contribution in [1.82, 2.24) is 0 Å². The van der Waals surface area contributed by atoms with Crippen LogP contribution in [0.15, 0.2) is 66.7 Å². The molecule has 0 aliphatic heterocycles. The number of aliphatic hydroxyl groups excluding tert-OH is 1. The molecule has 0 spiro atoms. The van der Waals surface area contributed by atoms with Gasteiger partial charge in [0, 0.05) is 6.42 Å². The van der Waals surface area contributed by atoms with E-state index in [-0.39, 0.29) is 0 Å². The third-order valence-electron chi connectivity index (χ3n) is 3.65. The summed E-state index contributed by atoms with van der Waals surface area (Å²) in [5.74, 6) is 0. The Kier molecular flexibility index (Phi) is 2.97. The van der Waals surface area contributed by atoms with Crippen LogP contribution in [0.4, 0.5) is 0 Å². The predicted octanol–water partition coefficient (Wildman–Crippen LogP) is 2.72. The van der Waals surface area contributed by atoms with Crippen molar-refractivity contribution in [2.24, 2.45) is 0 Å². The molecule has 96 valence electrons. The highest BCUT2D eigenvalue weighted by atomic mass is 16.3. The lowest BCUT2D eigenvalue weighted by atomic mass is 9.84. The molecule has 0 saturated heterocycles. The fraction of sp³-hybridized carbons (Fsp3) is 0.176. The van der Waals surface area contributed by atoms with E-state index >= 15 is 0 Å². The molecule has 19 heavy (non-hydrogen) atoms. The van der Waals surface area contributed by atoms with Crippen LogP contribution in [0.5, 0.6) is 0 Å². The second-order valence-electron chi connectivity index (χ2n) is 4.94. The van der Waals surface area contributed by atoms with Gasteiger partial charge in [-0.25, -0.2) is 0 Å². The molecule has 2 atom stereocenters. The van der Waals surface area contributed by atoms with Gasteiger partial charge in [-0.15, -0.1) is 0 Å². The van der Waals surface area contributed by atoms with Gasteiger partial charge in [0.05, 0.1) is 6.10 Å². The molecule has 2 heteroatoms. The minimum absolute atomic E-state index is 0.307. The van der Waals surface area contributed by atoms with Crippen LogP contribution in [0.2, 0.25) is 0 Å². The lowest BCUT2D eigenvalue weighted by molar-refractivity contribution is 0.0629. The number of rotatable bonds is 2. The molecule has 1 aliphatic rings. The normalized spacial score (nSPS) is 26.2. The summed E-state index contributed by atoms with van der Waals surface area (Å²) < 4.78 is 0. The molecular weight excluding hydrogens is 236 g/mol. The summed E-state index contributed by atoms with van der Waals surface area (Å²) in [5.41, 5.74) is 1.45. The van der Waals surface area contributed by atoms with Crippen molar-refractivity contribution in [1.29, 1.82) is 0 Å². The molecular formula is C17H16O2. The monoisotopic (exact) mass is 252 g/mol. The molecule has 0 unspecified atom stereocenters. The zero-order valence-electron chi connectivity index (χ0n) is 10.5. The van der Waals surface area contributed by atoms with E-state index in [4.69, 9.17) is 0 Å². The van der Waals surface area contributed by atoms with Crippen molar-refractivity contribution in [2.45, 2.75) is 18.1 Å². The Bertz CT molecular complexity index is 589. The number of hydrogen-bond acceptors (Lipinski definition) is 2. The van der Waals surface area contributed by atoms with Gasteiger partial charge >= 0.3 is 0 Å². The standard InChI is InChI=1S/C17H16O2/c18-15-11-16(13-7-3-1-4-8-13)17(19,12-15)14-9-5-2-6-10-14/h1-11,15,18-19H,12H2/t15-,17+/m1/s1. The van der Waals surface area contributed by atoms with E-state index in [0.717, 1.165) is 16.7 Å². The van der Waals surface area contributed by atoms with Crippen LogP contribution < -0.4 is 0 Å². The van der Waals surface area contributed by atoms with Crippen molar-refractivity contribution >= 4 is 5.57 Å². The summed E-state index contributed by atoms with van der Waals surface area (Å²) in [6.45, 7) is 0. The number of benzene rings is 2. The Morgan fingerprint density at radius 2 is 1.47 bits per heavy atom. The summed E-state index contributed by atoms with van der Waals surface area (Å²) in [5, 5.41) is 20.9. The lowest BCUT2D eigenvalue weighted by Gasteiger charge is -2.27. The van der Waals surface area contributed by atoms with E-state index in [1.165, 1.54) is 0 Å². The maximum Gasteiger partial charge on any atom is 0.118 e. The van der Waals surface area contributed by atoms with Crippen molar-refractivity contribution in [3.05, 3.63) is 77.9 Å². The van der Waals surface area contributed by atoms with Gasteiger partial charge in [-0.05, 0) is 22.8 Å². The maximum absolute atomic E-state index is 11.0. The van der Waals surface area contributed by atoms with Gasteiger partial charge in [0.15, 0.2) is 0 Å². The molecule has 1 aliphatic carbocycles. The van der Waals surface area contributed by atoms with Gasteiger partial charge in [0.25, 0.3) is 0 Å². The third-order valence-corrected chi connectivity index (χ3v) is 3.65. The van der Waals surface area contributed by atoms with E-state index in [1.807, 2.05) is 60.7 Å². The largest absolute Gasteiger partial charge is 0.389 e. The first-order chi connectivity index (χ1) is 9.20. The van der Waals surface area contributed by atoms with Crippen LogP contribution in [-0.4, -0.2) is 16.3 Å². The first-order valence-electron chi connectivity index (χ1n) is 6.44. The highest BCUT2D eigenvalue weighted by Gasteiger charge is 2.41. The van der Waals surface area contributed by atoms with Crippen LogP contribution in [0.1, 0.15) is 17.5 Å². The summed E-state index contributed by atoms with van der Waals surface area (Å²) in [6.07, 6.45) is 1.45. The highest BCUT2D eigenvalue weighted by Crippen LogP contribution is 2.44. The topological polar surface area (TPSA) is 40.5 Å². The summed E-state index contributed by atoms with van der Waals surface area (Å²) in [6, 6.07) is 19.3. The summed E-state index contributed by atoms with van der Waals surface area (Å²) in [4.78, 5) is 0. The zero-order valence-corrected chi connectivity index (χ0v) is 10.5. The molecule has 2 aromatic rings. The SMILES string of the molecule is O[C@@H]1C=C(c2ccccc2)[C@@](O)(c2ccccc2)C1. The van der Waals surface area contributed by atoms with Crippen molar-refractivity contribution in [2.75, 3.05) is 0 Å². The Morgan fingerprint density at radius 3 is 2.11 bits per heavy atom. The van der Waals surface area contributed by atoms with Gasteiger partial charge in [0.1, 0.15) is 5.60 Å². The Morgan fingerprint density at radius 1 is 0.895 bits per heavy atom. The fourth-order valence-electron chi connectivity index (χ4n) is 2.74. The molecule has 0 aromatic heterocycles. The summed E-state index contributed by atoms with van der Waals surface area (Å²) in [7, 11) is 0. The molecule has 0 saturated carbocycles. The Labute approximate surface area is 112 Å². The van der Waals surface area contributed by atoms with E-state index in [1.54, 1.807) is 6.08 Å². The number of aliphatic hydroxyl groups is 2. The first-order valence-corrected chi connectivity index (χ1v) is 6.44. The molecule has 2 aromatic carbocycles. The van der Waals surface area contributed by atoms with E-state index in [2.05, 4.69) is 0 Å². The second-order valence-corrected chi connectivity index (χ2v) is 4.94. The predicted molar refractivity (Wildman–Crippen MR) is 75.4 cm³/mol. The maximum atomic E-state index is 11.0. The average molecular weight is 252 g/mol. The summed E-state index contributed by atoms with van der Waals surface area (Å²) >= 11 is 0. The molecule has 0 amide bonds. The molecule has 2 N–H and O–H groups in total. The Hall–Kier alpha value is -1.90. The van der Waals surface area contributed by atoms with Gasteiger partial charge < -0.3 is 10.2 Å². The lowest BCUT2D eigenvalue weighted by Crippen LogP contribution is -2.26. The van der Waals surface area contributed by atoms with E-state index in [9.17, 15) is 10.2 Å². The minimum atomic E-state index is -1.11. The highest BCUT2D eigenvalue weighted by molar-refractivity contribution is 5.76. The Balaban J connectivity index is 2.09. The fourth-order valence-corrected chi connectivity index (χ4v) is 2.74. The van der Waals surface area contributed by atoms with Gasteiger partial charge in [-0.1, -0.05) is 60.7 Å². The first kappa shape index (κ1) is 12.2. The zero-order chi connectivity index (χ0) is 13.3. The van der Waals surface area contributed by atoms with E-state index < -0.39 is 11.7 Å². The van der Waals surface area contributed by atoms with Crippen LogP contribution in [0.25, 0.3) is 5.57 Å². The van der Waals surface area contributed by atoms with Crippen LogP contribution in [0, 0.1) is 0 Å². The number of hydrogen-bond donors (Lipinski definition) is 2. The van der Waals surface area contributed by atoms with Crippen LogP contribution in [0.3, 0.4) is 0 Å². The smallest absolute Gasteiger partial charge is 0.118 e. The van der Waals surface area contributed by atoms with Crippen molar-refractivity contribution in [3.8, 4) is 0 Å².